The topological polar surface area (TPSA) is 64.2 Å². The van der Waals surface area contributed by atoms with E-state index in [4.69, 9.17) is 0 Å². The normalized spacial score (nSPS) is 22.0. The Bertz CT molecular complexity index is 1200. The largest absolute Gasteiger partial charge is 0.342 e. The lowest BCUT2D eigenvalue weighted by Gasteiger charge is -2.44. The zero-order valence-electron chi connectivity index (χ0n) is 24.3. The lowest BCUT2D eigenvalue weighted by molar-refractivity contribution is -0.143. The Labute approximate surface area is 244 Å². The van der Waals surface area contributed by atoms with Crippen molar-refractivity contribution in [1.29, 1.82) is 0 Å². The summed E-state index contributed by atoms with van der Waals surface area (Å²) in [6.45, 7) is 3.24. The minimum Gasteiger partial charge on any atom is -0.342 e. The minimum absolute atomic E-state index is 0.0402. The van der Waals surface area contributed by atoms with Gasteiger partial charge in [0.15, 0.2) is 0 Å². The molecule has 0 unspecified atom stereocenters. The molecule has 41 heavy (non-hydrogen) atoms. The van der Waals surface area contributed by atoms with Gasteiger partial charge in [-0.3, -0.25) is 14.4 Å². The molecule has 3 heterocycles. The lowest BCUT2D eigenvalue weighted by atomic mass is 9.83. The van der Waals surface area contributed by atoms with Gasteiger partial charge in [0, 0.05) is 37.8 Å². The van der Waals surface area contributed by atoms with Crippen molar-refractivity contribution in [2.24, 2.45) is 11.8 Å². The number of para-hydroxylation sites is 1. The van der Waals surface area contributed by atoms with Gasteiger partial charge in [-0.1, -0.05) is 67.8 Å². The van der Waals surface area contributed by atoms with Gasteiger partial charge < -0.3 is 19.6 Å². The summed E-state index contributed by atoms with van der Waals surface area (Å²) in [5.41, 5.74) is 1.66. The van der Waals surface area contributed by atoms with Crippen LogP contribution in [0, 0.1) is 11.8 Å². The summed E-state index contributed by atoms with van der Waals surface area (Å²) in [4.78, 5) is 48.8. The number of piperidine rings is 2. The van der Waals surface area contributed by atoms with Gasteiger partial charge in [0.05, 0.1) is 6.67 Å². The van der Waals surface area contributed by atoms with Crippen LogP contribution < -0.4 is 4.90 Å². The third-order valence-electron chi connectivity index (χ3n) is 10.1. The SMILES string of the molecule is O=C(CN1CN(c2ccccc2)C2(CCN(C(=O)C3CCCCC3)CC2)C1=O)N1CCC(Cc2ccccc2)CC1. The van der Waals surface area contributed by atoms with E-state index < -0.39 is 5.54 Å². The molecule has 7 nitrogen and oxygen atoms in total. The van der Waals surface area contributed by atoms with Crippen LogP contribution in [-0.4, -0.2) is 77.4 Å². The van der Waals surface area contributed by atoms with Crippen molar-refractivity contribution in [3.05, 3.63) is 66.2 Å². The molecule has 2 aromatic carbocycles. The molecule has 0 radical (unpaired) electrons. The predicted molar refractivity (Wildman–Crippen MR) is 160 cm³/mol. The van der Waals surface area contributed by atoms with Crippen LogP contribution >= 0.6 is 0 Å². The van der Waals surface area contributed by atoms with Gasteiger partial charge >= 0.3 is 0 Å². The molecule has 1 aliphatic carbocycles. The maximum absolute atomic E-state index is 14.1. The maximum atomic E-state index is 14.1. The molecule has 0 aromatic heterocycles. The number of likely N-dealkylation sites (tertiary alicyclic amines) is 2. The van der Waals surface area contributed by atoms with Crippen LogP contribution in [0.4, 0.5) is 5.69 Å². The van der Waals surface area contributed by atoms with E-state index in [1.54, 1.807) is 4.90 Å². The van der Waals surface area contributed by atoms with Crippen molar-refractivity contribution in [3.63, 3.8) is 0 Å². The standard InChI is InChI=1S/C34H44N4O3/c39-31(35-20-16-28(17-21-35)24-27-10-4-1-5-11-27)25-37-26-38(30-14-8-3-9-15-30)34(33(37)41)18-22-36(23-19-34)32(40)29-12-6-2-7-13-29/h1,3-5,8-11,14-15,28-29H,2,6-7,12-13,16-26H2. The molecule has 0 bridgehead atoms. The molecular weight excluding hydrogens is 512 g/mol. The first-order valence-electron chi connectivity index (χ1n) is 15.8. The molecule has 2 aromatic rings. The number of benzene rings is 2. The Kier molecular flexibility index (Phi) is 8.31. The number of hydrogen-bond acceptors (Lipinski definition) is 4. The van der Waals surface area contributed by atoms with Crippen LogP contribution in [0.5, 0.6) is 0 Å². The van der Waals surface area contributed by atoms with Crippen LogP contribution in [0.25, 0.3) is 0 Å². The average Bonchev–Trinajstić information content (AvgIpc) is 3.29. The minimum atomic E-state index is -0.701. The molecule has 3 saturated heterocycles. The first-order chi connectivity index (χ1) is 20.0. The van der Waals surface area contributed by atoms with E-state index >= 15 is 0 Å². The Morgan fingerprint density at radius 2 is 1.39 bits per heavy atom. The number of carbonyl (C=O) groups excluding carboxylic acids is 3. The smallest absolute Gasteiger partial charge is 0.250 e. The van der Waals surface area contributed by atoms with E-state index in [-0.39, 0.29) is 30.2 Å². The summed E-state index contributed by atoms with van der Waals surface area (Å²) < 4.78 is 0. The first-order valence-corrected chi connectivity index (χ1v) is 15.8. The van der Waals surface area contributed by atoms with Crippen LogP contribution in [0.2, 0.25) is 0 Å². The number of carbonyl (C=O) groups is 3. The number of nitrogens with zero attached hydrogens (tertiary/aromatic N) is 4. The van der Waals surface area contributed by atoms with Gasteiger partial charge in [-0.05, 0) is 68.6 Å². The summed E-state index contributed by atoms with van der Waals surface area (Å²) in [5, 5.41) is 0. The highest BCUT2D eigenvalue weighted by atomic mass is 16.2. The number of hydrogen-bond donors (Lipinski definition) is 0. The van der Waals surface area contributed by atoms with E-state index in [1.807, 2.05) is 34.1 Å². The van der Waals surface area contributed by atoms with E-state index in [2.05, 4.69) is 41.3 Å². The van der Waals surface area contributed by atoms with Crippen molar-refractivity contribution in [3.8, 4) is 0 Å². The maximum Gasteiger partial charge on any atom is 0.250 e. The van der Waals surface area contributed by atoms with Crippen molar-refractivity contribution in [1.82, 2.24) is 14.7 Å². The third kappa shape index (κ3) is 5.86. The molecule has 3 aliphatic heterocycles. The second-order valence-corrected chi connectivity index (χ2v) is 12.6. The van der Waals surface area contributed by atoms with Gasteiger partial charge in [-0.2, -0.15) is 0 Å². The van der Waals surface area contributed by atoms with Gasteiger partial charge in [0.1, 0.15) is 12.1 Å². The highest BCUT2D eigenvalue weighted by Gasteiger charge is 2.54. The molecular formula is C34H44N4O3. The van der Waals surface area contributed by atoms with E-state index in [9.17, 15) is 14.4 Å². The van der Waals surface area contributed by atoms with Crippen LogP contribution in [-0.2, 0) is 20.8 Å². The van der Waals surface area contributed by atoms with Gasteiger partial charge in [0.2, 0.25) is 11.8 Å². The molecule has 1 saturated carbocycles. The van der Waals surface area contributed by atoms with Crippen LogP contribution in [0.15, 0.2) is 60.7 Å². The fraction of sp³-hybridized carbons (Fsp3) is 0.559. The molecule has 4 aliphatic rings. The highest BCUT2D eigenvalue weighted by Crippen LogP contribution is 2.40. The molecule has 1 spiro atoms. The van der Waals surface area contributed by atoms with E-state index in [0.717, 1.165) is 63.7 Å². The lowest BCUT2D eigenvalue weighted by Crippen LogP contribution is -2.58. The Morgan fingerprint density at radius 3 is 2.05 bits per heavy atom. The van der Waals surface area contributed by atoms with Crippen LogP contribution in [0.3, 0.4) is 0 Å². The monoisotopic (exact) mass is 556 g/mol. The Balaban J connectivity index is 1.10. The summed E-state index contributed by atoms with van der Waals surface area (Å²) in [7, 11) is 0. The number of anilines is 1. The van der Waals surface area contributed by atoms with E-state index in [0.29, 0.717) is 38.5 Å². The van der Waals surface area contributed by atoms with Gasteiger partial charge in [0.25, 0.3) is 5.91 Å². The Hall–Kier alpha value is -3.35. The fourth-order valence-corrected chi connectivity index (χ4v) is 7.62. The third-order valence-corrected chi connectivity index (χ3v) is 10.1. The van der Waals surface area contributed by atoms with Crippen molar-refractivity contribution >= 4 is 23.4 Å². The van der Waals surface area contributed by atoms with Crippen molar-refractivity contribution in [2.45, 2.75) is 69.7 Å². The van der Waals surface area contributed by atoms with Crippen molar-refractivity contribution in [2.75, 3.05) is 44.3 Å². The summed E-state index contributed by atoms with van der Waals surface area (Å²) in [6.07, 6.45) is 9.77. The molecule has 6 rings (SSSR count). The van der Waals surface area contributed by atoms with Gasteiger partial charge in [-0.15, -0.1) is 0 Å². The molecule has 0 N–H and O–H groups in total. The summed E-state index contributed by atoms with van der Waals surface area (Å²) in [6, 6.07) is 20.7. The van der Waals surface area contributed by atoms with E-state index in [1.165, 1.54) is 12.0 Å². The average molecular weight is 557 g/mol. The first kappa shape index (κ1) is 27.8. The summed E-state index contributed by atoms with van der Waals surface area (Å²) >= 11 is 0. The molecule has 7 heteroatoms. The molecule has 218 valence electrons. The molecule has 4 fully saturated rings. The fourth-order valence-electron chi connectivity index (χ4n) is 7.62. The summed E-state index contributed by atoms with van der Waals surface area (Å²) in [5.74, 6) is 1.10. The second-order valence-electron chi connectivity index (χ2n) is 12.6. The Morgan fingerprint density at radius 1 is 0.756 bits per heavy atom. The van der Waals surface area contributed by atoms with Gasteiger partial charge in [-0.25, -0.2) is 0 Å². The van der Waals surface area contributed by atoms with Crippen molar-refractivity contribution < 1.29 is 14.4 Å². The number of rotatable bonds is 6. The quantitative estimate of drug-likeness (QED) is 0.517. The molecule has 3 amide bonds. The zero-order valence-corrected chi connectivity index (χ0v) is 24.3. The number of amides is 3. The molecule has 0 atom stereocenters. The zero-order chi connectivity index (χ0) is 28.2. The predicted octanol–water partition coefficient (Wildman–Crippen LogP) is 4.72. The highest BCUT2D eigenvalue weighted by molar-refractivity contribution is 5.96. The van der Waals surface area contributed by atoms with Crippen LogP contribution in [0.1, 0.15) is 63.4 Å². The second kappa shape index (κ2) is 12.3.